The first-order valence-electron chi connectivity index (χ1n) is 7.71. The number of hydrogen-bond donors (Lipinski definition) is 1. The van der Waals surface area contributed by atoms with Crippen LogP contribution in [0, 0.1) is 0 Å². The molecule has 0 amide bonds. The van der Waals surface area contributed by atoms with E-state index < -0.39 is 0 Å². The van der Waals surface area contributed by atoms with Gasteiger partial charge in [-0.1, -0.05) is 29.4 Å². The quantitative estimate of drug-likeness (QED) is 0.922. The number of piperazine rings is 1. The van der Waals surface area contributed by atoms with Crippen molar-refractivity contribution in [1.82, 2.24) is 20.4 Å². The van der Waals surface area contributed by atoms with E-state index in [-0.39, 0.29) is 0 Å². The molecule has 2 aliphatic rings. The fourth-order valence-electron chi connectivity index (χ4n) is 3.30. The zero-order valence-electron chi connectivity index (χ0n) is 12.1. The van der Waals surface area contributed by atoms with Crippen molar-refractivity contribution in [1.29, 1.82) is 0 Å². The van der Waals surface area contributed by atoms with Gasteiger partial charge in [0.05, 0.1) is 6.54 Å². The Bertz CT molecular complexity index is 593. The van der Waals surface area contributed by atoms with Crippen LogP contribution in [0.1, 0.15) is 28.8 Å². The molecule has 0 saturated carbocycles. The molecular formula is C16H20N4O. The highest BCUT2D eigenvalue weighted by molar-refractivity contribution is 5.34. The topological polar surface area (TPSA) is 54.2 Å². The van der Waals surface area contributed by atoms with E-state index in [1.165, 1.54) is 11.1 Å². The number of hydrogen-bond acceptors (Lipinski definition) is 5. The van der Waals surface area contributed by atoms with Crippen LogP contribution in [0.3, 0.4) is 0 Å². The van der Waals surface area contributed by atoms with Crippen LogP contribution in [0.4, 0.5) is 0 Å². The summed E-state index contributed by atoms with van der Waals surface area (Å²) in [4.78, 5) is 7.00. The van der Waals surface area contributed by atoms with Crippen LogP contribution >= 0.6 is 0 Å². The molecule has 1 aliphatic heterocycles. The van der Waals surface area contributed by atoms with Crippen molar-refractivity contribution < 1.29 is 4.52 Å². The highest BCUT2D eigenvalue weighted by Crippen LogP contribution is 2.32. The zero-order valence-corrected chi connectivity index (χ0v) is 12.1. The maximum absolute atomic E-state index is 5.52. The summed E-state index contributed by atoms with van der Waals surface area (Å²) < 4.78 is 5.52. The molecule has 4 rings (SSSR count). The summed E-state index contributed by atoms with van der Waals surface area (Å²) >= 11 is 0. The molecule has 1 N–H and O–H groups in total. The van der Waals surface area contributed by atoms with E-state index in [9.17, 15) is 0 Å². The van der Waals surface area contributed by atoms with Gasteiger partial charge in [0.15, 0.2) is 5.82 Å². The first-order valence-corrected chi connectivity index (χ1v) is 7.71. The first kappa shape index (κ1) is 13.0. The van der Waals surface area contributed by atoms with Gasteiger partial charge in [-0.3, -0.25) is 4.90 Å². The van der Waals surface area contributed by atoms with Crippen molar-refractivity contribution in [2.75, 3.05) is 26.2 Å². The van der Waals surface area contributed by atoms with Gasteiger partial charge < -0.3 is 9.84 Å². The van der Waals surface area contributed by atoms with Crippen molar-refractivity contribution in [2.24, 2.45) is 0 Å². The van der Waals surface area contributed by atoms with Crippen LogP contribution in [0.5, 0.6) is 0 Å². The summed E-state index contributed by atoms with van der Waals surface area (Å²) in [5.74, 6) is 1.98. The van der Waals surface area contributed by atoms with Crippen LogP contribution in [0.25, 0.3) is 0 Å². The second-order valence-electron chi connectivity index (χ2n) is 5.95. The average molecular weight is 284 g/mol. The first-order chi connectivity index (χ1) is 10.4. The van der Waals surface area contributed by atoms with Crippen LogP contribution in [-0.4, -0.2) is 41.2 Å². The Hall–Kier alpha value is -1.72. The van der Waals surface area contributed by atoms with E-state index in [0.717, 1.165) is 57.3 Å². The Labute approximate surface area is 124 Å². The van der Waals surface area contributed by atoms with Crippen LogP contribution < -0.4 is 5.32 Å². The van der Waals surface area contributed by atoms with Crippen molar-refractivity contribution >= 4 is 0 Å². The molecule has 0 bridgehead atoms. The van der Waals surface area contributed by atoms with Gasteiger partial charge in [0, 0.05) is 32.1 Å². The monoisotopic (exact) mass is 284 g/mol. The largest absolute Gasteiger partial charge is 0.339 e. The number of fused-ring (bicyclic) bond motifs is 1. The number of aromatic nitrogens is 2. The molecule has 110 valence electrons. The second-order valence-corrected chi connectivity index (χ2v) is 5.95. The maximum atomic E-state index is 5.52. The summed E-state index contributed by atoms with van der Waals surface area (Å²) in [6, 6.07) is 8.61. The van der Waals surface area contributed by atoms with Crippen molar-refractivity contribution in [2.45, 2.75) is 25.3 Å². The smallest absolute Gasteiger partial charge is 0.230 e. The molecule has 1 aliphatic carbocycles. The molecule has 1 fully saturated rings. The van der Waals surface area contributed by atoms with E-state index in [0.29, 0.717) is 5.92 Å². The standard InChI is InChI=1S/C16H20N4O/c1-2-4-13-10-14(9-12(13)3-1)16-18-15(19-21-16)11-20-7-5-17-6-8-20/h1-4,14,17H,5-11H2. The Morgan fingerprint density at radius 3 is 2.57 bits per heavy atom. The Kier molecular flexibility index (Phi) is 3.45. The normalized spacial score (nSPS) is 19.8. The summed E-state index contributed by atoms with van der Waals surface area (Å²) in [5, 5.41) is 7.52. The van der Waals surface area contributed by atoms with Crippen LogP contribution in [0.2, 0.25) is 0 Å². The zero-order chi connectivity index (χ0) is 14.1. The third-order valence-electron chi connectivity index (χ3n) is 4.46. The van der Waals surface area contributed by atoms with Gasteiger partial charge in [0.2, 0.25) is 5.89 Å². The molecule has 0 atom stereocenters. The lowest BCUT2D eigenvalue weighted by Crippen LogP contribution is -2.43. The molecule has 5 nitrogen and oxygen atoms in total. The lowest BCUT2D eigenvalue weighted by atomic mass is 10.1. The Morgan fingerprint density at radius 2 is 1.86 bits per heavy atom. The third kappa shape index (κ3) is 2.71. The Balaban J connectivity index is 1.43. The van der Waals surface area contributed by atoms with Gasteiger partial charge in [-0.05, 0) is 24.0 Å². The lowest BCUT2D eigenvalue weighted by Gasteiger charge is -2.25. The lowest BCUT2D eigenvalue weighted by molar-refractivity contribution is 0.224. The molecule has 1 aromatic heterocycles. The summed E-state index contributed by atoms with van der Waals surface area (Å²) in [6.07, 6.45) is 2.04. The van der Waals surface area contributed by atoms with E-state index >= 15 is 0 Å². The fraction of sp³-hybridized carbons (Fsp3) is 0.500. The van der Waals surface area contributed by atoms with Gasteiger partial charge in [-0.25, -0.2) is 0 Å². The molecule has 0 radical (unpaired) electrons. The summed E-state index contributed by atoms with van der Waals surface area (Å²) in [6.45, 7) is 4.99. The highest BCUT2D eigenvalue weighted by Gasteiger charge is 2.27. The summed E-state index contributed by atoms with van der Waals surface area (Å²) in [7, 11) is 0. The van der Waals surface area contributed by atoms with Gasteiger partial charge in [0.25, 0.3) is 0 Å². The molecule has 0 unspecified atom stereocenters. The van der Waals surface area contributed by atoms with Crippen molar-refractivity contribution in [3.05, 3.63) is 47.1 Å². The SMILES string of the molecule is c1ccc2c(c1)CC(c1nc(CN3CCNCC3)no1)C2. The Morgan fingerprint density at radius 1 is 1.14 bits per heavy atom. The molecule has 1 saturated heterocycles. The van der Waals surface area contributed by atoms with Gasteiger partial charge in [0.1, 0.15) is 0 Å². The van der Waals surface area contributed by atoms with Crippen molar-refractivity contribution in [3.8, 4) is 0 Å². The molecule has 0 spiro atoms. The number of rotatable bonds is 3. The molecule has 2 aromatic rings. The minimum absolute atomic E-state index is 0.353. The van der Waals surface area contributed by atoms with Gasteiger partial charge >= 0.3 is 0 Å². The molecule has 21 heavy (non-hydrogen) atoms. The maximum Gasteiger partial charge on any atom is 0.230 e. The minimum Gasteiger partial charge on any atom is -0.339 e. The highest BCUT2D eigenvalue weighted by atomic mass is 16.5. The number of nitrogens with one attached hydrogen (secondary N) is 1. The molecule has 5 heteroatoms. The fourth-order valence-corrected chi connectivity index (χ4v) is 3.30. The predicted octanol–water partition coefficient (Wildman–Crippen LogP) is 1.36. The van der Waals surface area contributed by atoms with Crippen molar-refractivity contribution in [3.63, 3.8) is 0 Å². The van der Waals surface area contributed by atoms with E-state index in [4.69, 9.17) is 4.52 Å². The molecular weight excluding hydrogens is 264 g/mol. The van der Waals surface area contributed by atoms with E-state index in [2.05, 4.69) is 44.6 Å². The van der Waals surface area contributed by atoms with E-state index in [1.807, 2.05) is 0 Å². The minimum atomic E-state index is 0.353. The van der Waals surface area contributed by atoms with Gasteiger partial charge in [-0.2, -0.15) is 4.98 Å². The van der Waals surface area contributed by atoms with Crippen LogP contribution in [0.15, 0.2) is 28.8 Å². The third-order valence-corrected chi connectivity index (χ3v) is 4.46. The number of benzene rings is 1. The number of nitrogens with zero attached hydrogens (tertiary/aromatic N) is 3. The van der Waals surface area contributed by atoms with Crippen LogP contribution in [-0.2, 0) is 19.4 Å². The molecule has 2 heterocycles. The second kappa shape index (κ2) is 5.58. The summed E-state index contributed by atoms with van der Waals surface area (Å²) in [5.41, 5.74) is 2.84. The van der Waals surface area contributed by atoms with Gasteiger partial charge in [-0.15, -0.1) is 0 Å². The van der Waals surface area contributed by atoms with E-state index in [1.54, 1.807) is 0 Å². The predicted molar refractivity (Wildman–Crippen MR) is 79.0 cm³/mol. The average Bonchev–Trinajstić information content (AvgIpc) is 3.14. The molecule has 1 aromatic carbocycles.